The third-order valence-electron chi connectivity index (χ3n) is 5.18. The summed E-state index contributed by atoms with van der Waals surface area (Å²) in [4.78, 5) is 4.92. The van der Waals surface area contributed by atoms with Crippen molar-refractivity contribution in [3.05, 3.63) is 23.8 Å². The molecule has 4 fully saturated rings. The molecule has 4 heterocycles. The van der Waals surface area contributed by atoms with Crippen molar-refractivity contribution in [1.29, 1.82) is 0 Å². The van der Waals surface area contributed by atoms with Gasteiger partial charge in [-0.05, 0) is 18.6 Å². The molecule has 5 rings (SSSR count). The first kappa shape index (κ1) is 15.9. The van der Waals surface area contributed by atoms with Gasteiger partial charge in [-0.2, -0.15) is 0 Å². The maximum atomic E-state index is 5.52. The maximum Gasteiger partial charge on any atom is 0.0984 e. The summed E-state index contributed by atoms with van der Waals surface area (Å²) in [7, 11) is 0. The summed E-state index contributed by atoms with van der Waals surface area (Å²) >= 11 is 0. The molecule has 1 aromatic carbocycles. The highest BCUT2D eigenvalue weighted by Crippen LogP contribution is 2.36. The molecule has 0 bridgehead atoms. The lowest BCUT2D eigenvalue weighted by Crippen LogP contribution is -2.37. The summed E-state index contributed by atoms with van der Waals surface area (Å²) in [6, 6.07) is 6.59. The van der Waals surface area contributed by atoms with E-state index in [0.29, 0.717) is 24.4 Å². The molecule has 0 amide bonds. The fourth-order valence-corrected chi connectivity index (χ4v) is 3.52. The van der Waals surface area contributed by atoms with Crippen molar-refractivity contribution < 1.29 is 18.9 Å². The van der Waals surface area contributed by atoms with E-state index in [9.17, 15) is 0 Å². The van der Waals surface area contributed by atoms with Gasteiger partial charge in [0.05, 0.1) is 62.2 Å². The molecule has 25 heavy (non-hydrogen) atoms. The van der Waals surface area contributed by atoms with E-state index in [1.807, 2.05) is 0 Å². The van der Waals surface area contributed by atoms with Crippen molar-refractivity contribution in [1.82, 2.24) is 0 Å². The fraction of sp³-hybridized carbons (Fsp3) is 0.684. The van der Waals surface area contributed by atoms with E-state index in [0.717, 1.165) is 52.6 Å². The van der Waals surface area contributed by atoms with Crippen LogP contribution in [0.1, 0.15) is 5.56 Å². The average molecular weight is 346 g/mol. The van der Waals surface area contributed by atoms with Crippen molar-refractivity contribution in [2.45, 2.75) is 31.3 Å². The smallest absolute Gasteiger partial charge is 0.0984 e. The van der Waals surface area contributed by atoms with Crippen molar-refractivity contribution in [3.8, 4) is 0 Å². The van der Waals surface area contributed by atoms with Crippen LogP contribution in [-0.2, 0) is 18.9 Å². The van der Waals surface area contributed by atoms with Crippen LogP contribution < -0.4 is 9.80 Å². The number of aryl methyl sites for hydroxylation is 1. The van der Waals surface area contributed by atoms with E-state index in [2.05, 4.69) is 34.9 Å². The quantitative estimate of drug-likeness (QED) is 0.594. The van der Waals surface area contributed by atoms with Gasteiger partial charge in [0.2, 0.25) is 0 Å². The summed E-state index contributed by atoms with van der Waals surface area (Å²) < 4.78 is 22.0. The number of benzene rings is 1. The Balaban J connectivity index is 1.44. The summed E-state index contributed by atoms with van der Waals surface area (Å²) in [5.41, 5.74) is 3.90. The highest BCUT2D eigenvalue weighted by molar-refractivity contribution is 5.75. The Morgan fingerprint density at radius 2 is 1.20 bits per heavy atom. The molecule has 4 unspecified atom stereocenters. The number of epoxide rings is 4. The second-order valence-corrected chi connectivity index (χ2v) is 7.57. The van der Waals surface area contributed by atoms with Crippen LogP contribution in [0.15, 0.2) is 18.2 Å². The molecule has 0 radical (unpaired) electrons. The first-order valence-electron chi connectivity index (χ1n) is 9.32. The summed E-state index contributed by atoms with van der Waals surface area (Å²) in [6.07, 6.45) is 1.44. The number of hydrogen-bond donors (Lipinski definition) is 0. The zero-order chi connectivity index (χ0) is 16.8. The van der Waals surface area contributed by atoms with Crippen molar-refractivity contribution in [3.63, 3.8) is 0 Å². The minimum absolute atomic E-state index is 0.359. The SMILES string of the molecule is Cc1cccc(N(CC2CO2)CC2CO2)c1N(CC1CO1)CC1CO1. The summed E-state index contributed by atoms with van der Waals surface area (Å²) in [5.74, 6) is 0. The Morgan fingerprint density at radius 1 is 0.760 bits per heavy atom. The first-order valence-corrected chi connectivity index (χ1v) is 9.32. The molecule has 6 heteroatoms. The monoisotopic (exact) mass is 346 g/mol. The van der Waals surface area contributed by atoms with Gasteiger partial charge in [-0.25, -0.2) is 0 Å². The van der Waals surface area contributed by atoms with E-state index in [-0.39, 0.29) is 0 Å². The predicted molar refractivity (Wildman–Crippen MR) is 94.6 cm³/mol. The molecule has 0 aromatic heterocycles. The van der Waals surface area contributed by atoms with Crippen LogP contribution in [0, 0.1) is 6.92 Å². The molecule has 0 spiro atoms. The molecular weight excluding hydrogens is 320 g/mol. The van der Waals surface area contributed by atoms with Crippen LogP contribution in [0.25, 0.3) is 0 Å². The lowest BCUT2D eigenvalue weighted by Gasteiger charge is -2.33. The van der Waals surface area contributed by atoms with Crippen LogP contribution >= 0.6 is 0 Å². The van der Waals surface area contributed by atoms with Gasteiger partial charge in [-0.3, -0.25) is 0 Å². The molecule has 6 nitrogen and oxygen atoms in total. The molecule has 4 saturated heterocycles. The Morgan fingerprint density at radius 3 is 1.64 bits per heavy atom. The van der Waals surface area contributed by atoms with Gasteiger partial charge in [-0.15, -0.1) is 0 Å². The zero-order valence-corrected chi connectivity index (χ0v) is 14.7. The molecular formula is C19H26N2O4. The number of hydrogen-bond acceptors (Lipinski definition) is 6. The number of rotatable bonds is 10. The zero-order valence-electron chi connectivity index (χ0n) is 14.7. The van der Waals surface area contributed by atoms with Crippen molar-refractivity contribution in [2.24, 2.45) is 0 Å². The number of ether oxygens (including phenoxy) is 4. The number of nitrogens with zero attached hydrogens (tertiary/aromatic N) is 2. The van der Waals surface area contributed by atoms with E-state index >= 15 is 0 Å². The van der Waals surface area contributed by atoms with E-state index in [1.54, 1.807) is 0 Å². The van der Waals surface area contributed by atoms with Gasteiger partial charge in [0.1, 0.15) is 0 Å². The molecule has 0 saturated carbocycles. The minimum Gasteiger partial charge on any atom is -0.371 e. The molecule has 0 N–H and O–H groups in total. The second kappa shape index (κ2) is 6.43. The van der Waals surface area contributed by atoms with E-state index in [1.165, 1.54) is 16.9 Å². The van der Waals surface area contributed by atoms with Gasteiger partial charge in [0, 0.05) is 26.2 Å². The predicted octanol–water partition coefficient (Wildman–Crippen LogP) is 1.20. The fourth-order valence-electron chi connectivity index (χ4n) is 3.52. The molecule has 1 aromatic rings. The highest BCUT2D eigenvalue weighted by atomic mass is 16.6. The standard InChI is InChI=1S/C19H26N2O4/c1-13-3-2-4-18(20(5-14-9-22-14)6-15-10-23-15)19(13)21(7-16-11-24-16)8-17-12-25-17/h2-4,14-17H,5-12H2,1H3. The van der Waals surface area contributed by atoms with E-state index < -0.39 is 0 Å². The third-order valence-corrected chi connectivity index (χ3v) is 5.18. The Labute approximate surface area is 148 Å². The molecule has 4 aliphatic rings. The van der Waals surface area contributed by atoms with Crippen LogP contribution in [-0.4, -0.2) is 77.0 Å². The lowest BCUT2D eigenvalue weighted by atomic mass is 10.1. The minimum atomic E-state index is 0.359. The normalized spacial score (nSPS) is 31.6. The Kier molecular flexibility index (Phi) is 4.08. The molecule has 0 aliphatic carbocycles. The van der Waals surface area contributed by atoms with Gasteiger partial charge in [0.25, 0.3) is 0 Å². The largest absolute Gasteiger partial charge is 0.371 e. The van der Waals surface area contributed by atoms with Gasteiger partial charge in [0.15, 0.2) is 0 Å². The second-order valence-electron chi connectivity index (χ2n) is 7.57. The van der Waals surface area contributed by atoms with Crippen molar-refractivity contribution in [2.75, 3.05) is 62.4 Å². The van der Waals surface area contributed by atoms with Gasteiger partial charge in [-0.1, -0.05) is 12.1 Å². The summed E-state index contributed by atoms with van der Waals surface area (Å²) in [5, 5.41) is 0. The topological polar surface area (TPSA) is 56.6 Å². The Hall–Kier alpha value is -1.34. The highest BCUT2D eigenvalue weighted by Gasteiger charge is 2.35. The van der Waals surface area contributed by atoms with Crippen LogP contribution in [0.5, 0.6) is 0 Å². The van der Waals surface area contributed by atoms with E-state index in [4.69, 9.17) is 18.9 Å². The van der Waals surface area contributed by atoms with Crippen LogP contribution in [0.2, 0.25) is 0 Å². The summed E-state index contributed by atoms with van der Waals surface area (Å²) in [6.45, 7) is 9.44. The van der Waals surface area contributed by atoms with Gasteiger partial charge < -0.3 is 28.7 Å². The van der Waals surface area contributed by atoms with Gasteiger partial charge >= 0.3 is 0 Å². The van der Waals surface area contributed by atoms with Crippen molar-refractivity contribution >= 4 is 11.4 Å². The molecule has 4 aliphatic heterocycles. The molecule has 4 atom stereocenters. The lowest BCUT2D eigenvalue weighted by molar-refractivity contribution is 0.386. The number of para-hydroxylation sites is 1. The molecule has 136 valence electrons. The maximum absolute atomic E-state index is 5.52. The first-order chi connectivity index (χ1) is 12.3. The van der Waals surface area contributed by atoms with Crippen LogP contribution in [0.3, 0.4) is 0 Å². The number of anilines is 2. The average Bonchev–Trinajstić information content (AvgIpc) is 3.44. The Bertz CT molecular complexity index is 596. The van der Waals surface area contributed by atoms with Crippen LogP contribution in [0.4, 0.5) is 11.4 Å². The third kappa shape index (κ3) is 4.08.